The van der Waals surface area contributed by atoms with E-state index in [4.69, 9.17) is 4.74 Å². The number of carbonyl (C=O) groups excluding carboxylic acids is 3. The molecule has 0 heterocycles. The Morgan fingerprint density at radius 1 is 1.08 bits per heavy atom. The van der Waals surface area contributed by atoms with Crippen molar-refractivity contribution in [2.24, 2.45) is 0 Å². The molecule has 0 aliphatic carbocycles. The second kappa shape index (κ2) is 8.40. The Balaban J connectivity index is 1.84. The largest absolute Gasteiger partial charge is 0.457 e. The summed E-state index contributed by atoms with van der Waals surface area (Å²) in [6.07, 6.45) is 0.0616. The van der Waals surface area contributed by atoms with Gasteiger partial charge >= 0.3 is 5.97 Å². The van der Waals surface area contributed by atoms with Crippen LogP contribution in [0.15, 0.2) is 53.0 Å². The number of halogens is 1. The number of carbonyl (C=O) groups is 3. The van der Waals surface area contributed by atoms with Gasteiger partial charge in [0.2, 0.25) is 5.91 Å². The van der Waals surface area contributed by atoms with E-state index in [1.165, 1.54) is 6.92 Å². The van der Waals surface area contributed by atoms with Crippen LogP contribution in [0.5, 0.6) is 0 Å². The van der Waals surface area contributed by atoms with Crippen molar-refractivity contribution in [2.75, 3.05) is 11.9 Å². The summed E-state index contributed by atoms with van der Waals surface area (Å²) in [5, 5.41) is 2.64. The van der Waals surface area contributed by atoms with E-state index < -0.39 is 5.97 Å². The molecule has 0 bridgehead atoms. The zero-order valence-electron chi connectivity index (χ0n) is 13.0. The minimum absolute atomic E-state index is 0.0616. The first kappa shape index (κ1) is 17.9. The summed E-state index contributed by atoms with van der Waals surface area (Å²) in [5.74, 6) is -0.899. The van der Waals surface area contributed by atoms with Gasteiger partial charge in [0.05, 0.1) is 6.42 Å². The number of benzene rings is 2. The van der Waals surface area contributed by atoms with E-state index >= 15 is 0 Å². The molecule has 1 amide bonds. The predicted octanol–water partition coefficient (Wildman–Crippen LogP) is 3.38. The van der Waals surface area contributed by atoms with Gasteiger partial charge < -0.3 is 10.1 Å². The first-order valence-electron chi connectivity index (χ1n) is 7.25. The SMILES string of the molecule is CC(=O)Nc1ccc(CC(=O)OCC(=O)c2cccc(Br)c2)cc1. The number of Topliss-reactive ketones (excluding diaryl/α,β-unsaturated/α-hetero) is 1. The molecule has 0 aliphatic heterocycles. The molecule has 2 rings (SSSR count). The van der Waals surface area contributed by atoms with Crippen LogP contribution in [0.25, 0.3) is 0 Å². The van der Waals surface area contributed by atoms with Gasteiger partial charge in [0.25, 0.3) is 0 Å². The van der Waals surface area contributed by atoms with Gasteiger partial charge in [0, 0.05) is 22.6 Å². The maximum Gasteiger partial charge on any atom is 0.310 e. The summed E-state index contributed by atoms with van der Waals surface area (Å²) in [6, 6.07) is 13.8. The molecule has 0 aliphatic rings. The predicted molar refractivity (Wildman–Crippen MR) is 93.9 cm³/mol. The van der Waals surface area contributed by atoms with Gasteiger partial charge in [-0.1, -0.05) is 40.2 Å². The molecular weight excluding hydrogens is 374 g/mol. The summed E-state index contributed by atoms with van der Waals surface area (Å²) in [7, 11) is 0. The van der Waals surface area contributed by atoms with Crippen molar-refractivity contribution in [3.05, 3.63) is 64.1 Å². The topological polar surface area (TPSA) is 72.5 Å². The van der Waals surface area contributed by atoms with Crippen molar-refractivity contribution >= 4 is 39.3 Å². The fraction of sp³-hybridized carbons (Fsp3) is 0.167. The van der Waals surface area contributed by atoms with Crippen LogP contribution < -0.4 is 5.32 Å². The van der Waals surface area contributed by atoms with Crippen molar-refractivity contribution < 1.29 is 19.1 Å². The Labute approximate surface area is 148 Å². The third kappa shape index (κ3) is 5.62. The highest BCUT2D eigenvalue weighted by atomic mass is 79.9. The molecule has 0 radical (unpaired) electrons. The average Bonchev–Trinajstić information content (AvgIpc) is 2.54. The fourth-order valence-corrected chi connectivity index (χ4v) is 2.42. The number of ketones is 1. The molecule has 0 aromatic heterocycles. The summed E-state index contributed by atoms with van der Waals surface area (Å²) in [5.41, 5.74) is 1.88. The molecule has 0 spiro atoms. The monoisotopic (exact) mass is 389 g/mol. The Hall–Kier alpha value is -2.47. The van der Waals surface area contributed by atoms with Crippen molar-refractivity contribution in [1.82, 2.24) is 0 Å². The van der Waals surface area contributed by atoms with E-state index in [0.717, 1.165) is 10.0 Å². The maximum atomic E-state index is 12.0. The summed E-state index contributed by atoms with van der Waals surface area (Å²) < 4.78 is 5.81. The van der Waals surface area contributed by atoms with Crippen LogP contribution in [0.2, 0.25) is 0 Å². The number of esters is 1. The van der Waals surface area contributed by atoms with E-state index in [-0.39, 0.29) is 24.7 Å². The minimum atomic E-state index is -0.481. The first-order valence-corrected chi connectivity index (χ1v) is 8.04. The van der Waals surface area contributed by atoms with Crippen LogP contribution in [0, 0.1) is 0 Å². The smallest absolute Gasteiger partial charge is 0.310 e. The number of amides is 1. The average molecular weight is 390 g/mol. The second-order valence-corrected chi connectivity index (χ2v) is 6.06. The number of hydrogen-bond donors (Lipinski definition) is 1. The first-order chi connectivity index (χ1) is 11.4. The van der Waals surface area contributed by atoms with E-state index in [1.807, 2.05) is 6.07 Å². The third-order valence-corrected chi connectivity index (χ3v) is 3.63. The maximum absolute atomic E-state index is 12.0. The Kier molecular flexibility index (Phi) is 6.26. The van der Waals surface area contributed by atoms with Crippen molar-refractivity contribution in [2.45, 2.75) is 13.3 Å². The highest BCUT2D eigenvalue weighted by Crippen LogP contribution is 2.13. The number of hydrogen-bond acceptors (Lipinski definition) is 4. The molecule has 0 unspecified atom stereocenters. The highest BCUT2D eigenvalue weighted by molar-refractivity contribution is 9.10. The van der Waals surface area contributed by atoms with Gasteiger partial charge in [0.15, 0.2) is 12.4 Å². The van der Waals surface area contributed by atoms with Crippen LogP contribution in [0.3, 0.4) is 0 Å². The molecule has 24 heavy (non-hydrogen) atoms. The fourth-order valence-electron chi connectivity index (χ4n) is 2.02. The molecule has 1 N–H and O–H groups in total. The normalized spacial score (nSPS) is 10.1. The molecule has 0 atom stereocenters. The zero-order valence-corrected chi connectivity index (χ0v) is 14.6. The van der Waals surface area contributed by atoms with Crippen LogP contribution in [-0.4, -0.2) is 24.3 Å². The Morgan fingerprint density at radius 3 is 2.42 bits per heavy atom. The van der Waals surface area contributed by atoms with Gasteiger partial charge in [-0.2, -0.15) is 0 Å². The van der Waals surface area contributed by atoms with Gasteiger partial charge in [-0.15, -0.1) is 0 Å². The second-order valence-electron chi connectivity index (χ2n) is 5.15. The number of anilines is 1. The van der Waals surface area contributed by atoms with Crippen LogP contribution in [-0.2, 0) is 20.7 Å². The van der Waals surface area contributed by atoms with Crippen LogP contribution in [0.4, 0.5) is 5.69 Å². The molecule has 6 heteroatoms. The van der Waals surface area contributed by atoms with E-state index in [1.54, 1.807) is 42.5 Å². The van der Waals surface area contributed by atoms with E-state index in [9.17, 15) is 14.4 Å². The van der Waals surface area contributed by atoms with Crippen LogP contribution in [0.1, 0.15) is 22.8 Å². The molecule has 0 saturated carbocycles. The van der Waals surface area contributed by atoms with Crippen molar-refractivity contribution in [3.8, 4) is 0 Å². The lowest BCUT2D eigenvalue weighted by molar-refractivity contribution is -0.141. The van der Waals surface area contributed by atoms with E-state index in [2.05, 4.69) is 21.2 Å². The molecule has 2 aromatic rings. The van der Waals surface area contributed by atoms with E-state index in [0.29, 0.717) is 11.3 Å². The van der Waals surface area contributed by atoms with Gasteiger partial charge in [-0.25, -0.2) is 0 Å². The van der Waals surface area contributed by atoms with Gasteiger partial charge in [-0.05, 0) is 29.8 Å². The van der Waals surface area contributed by atoms with Gasteiger partial charge in [0.1, 0.15) is 0 Å². The molecule has 0 saturated heterocycles. The molecular formula is C18H16BrNO4. The van der Waals surface area contributed by atoms with Gasteiger partial charge in [-0.3, -0.25) is 14.4 Å². The van der Waals surface area contributed by atoms with Crippen molar-refractivity contribution in [1.29, 1.82) is 0 Å². The number of rotatable bonds is 6. The van der Waals surface area contributed by atoms with Crippen LogP contribution >= 0.6 is 15.9 Å². The lowest BCUT2D eigenvalue weighted by Crippen LogP contribution is -2.15. The molecule has 5 nitrogen and oxygen atoms in total. The third-order valence-electron chi connectivity index (χ3n) is 3.13. The Morgan fingerprint density at radius 2 is 1.79 bits per heavy atom. The highest BCUT2D eigenvalue weighted by Gasteiger charge is 2.11. The molecule has 124 valence electrons. The standard InChI is InChI=1S/C18H16BrNO4/c1-12(21)20-16-7-5-13(6-8-16)9-18(23)24-11-17(22)14-3-2-4-15(19)10-14/h2-8,10H,9,11H2,1H3,(H,20,21). The molecule has 2 aromatic carbocycles. The molecule has 0 fully saturated rings. The van der Waals surface area contributed by atoms with Crippen molar-refractivity contribution in [3.63, 3.8) is 0 Å². The summed E-state index contributed by atoms with van der Waals surface area (Å²) in [4.78, 5) is 34.7. The lowest BCUT2D eigenvalue weighted by Gasteiger charge is -2.06. The Bertz CT molecular complexity index is 756. The zero-order chi connectivity index (χ0) is 17.5. The summed E-state index contributed by atoms with van der Waals surface area (Å²) in [6.45, 7) is 1.13. The minimum Gasteiger partial charge on any atom is -0.457 e. The lowest BCUT2D eigenvalue weighted by atomic mass is 10.1. The number of ether oxygens (including phenoxy) is 1. The number of nitrogens with one attached hydrogen (secondary N) is 1. The quantitative estimate of drug-likeness (QED) is 0.607. The summed E-state index contributed by atoms with van der Waals surface area (Å²) >= 11 is 3.29.